The number of anilines is 1. The van der Waals surface area contributed by atoms with Gasteiger partial charge in [-0.15, -0.1) is 0 Å². The van der Waals surface area contributed by atoms with Crippen molar-refractivity contribution in [1.82, 2.24) is 0 Å². The second-order valence-electron chi connectivity index (χ2n) is 5.76. The van der Waals surface area contributed by atoms with Gasteiger partial charge in [0.25, 0.3) is 5.91 Å². The first-order valence-electron chi connectivity index (χ1n) is 7.62. The highest BCUT2D eigenvalue weighted by Crippen LogP contribution is 2.36. The Morgan fingerprint density at radius 2 is 1.91 bits per heavy atom. The molecule has 0 aromatic heterocycles. The standard InChI is InChI=1S/C17H18BNO4/c1-11-4-6-16-14(9-11)19-17(20)13-10-12(3-2-8-18(21)22)5-7-15(13)23-16/h4-7,9-10,21-22H,2-3,8H2,1H3,(H,19,20). The normalized spacial score (nSPS) is 12.6. The van der Waals surface area contributed by atoms with Gasteiger partial charge in [0.15, 0.2) is 5.75 Å². The molecule has 2 aromatic rings. The van der Waals surface area contributed by atoms with Crippen LogP contribution in [0.1, 0.15) is 27.9 Å². The fourth-order valence-corrected chi connectivity index (χ4v) is 2.63. The number of carbonyl (C=O) groups is 1. The Morgan fingerprint density at radius 1 is 1.13 bits per heavy atom. The third-order valence-corrected chi connectivity index (χ3v) is 3.82. The molecule has 0 bridgehead atoms. The lowest BCUT2D eigenvalue weighted by Crippen LogP contribution is -2.11. The number of hydrogen-bond donors (Lipinski definition) is 3. The summed E-state index contributed by atoms with van der Waals surface area (Å²) >= 11 is 0. The molecule has 118 valence electrons. The molecule has 0 saturated carbocycles. The van der Waals surface area contributed by atoms with Crippen LogP contribution in [0.5, 0.6) is 11.5 Å². The number of rotatable bonds is 4. The lowest BCUT2D eigenvalue weighted by Gasteiger charge is -2.09. The van der Waals surface area contributed by atoms with Crippen LogP contribution in [-0.4, -0.2) is 23.1 Å². The topological polar surface area (TPSA) is 78.8 Å². The van der Waals surface area contributed by atoms with Crippen LogP contribution in [0.15, 0.2) is 36.4 Å². The predicted octanol–water partition coefficient (Wildman–Crippen LogP) is 2.76. The van der Waals surface area contributed by atoms with Crippen molar-refractivity contribution in [2.45, 2.75) is 26.1 Å². The number of aryl methyl sites for hydroxylation is 2. The van der Waals surface area contributed by atoms with E-state index in [1.54, 1.807) is 12.1 Å². The highest BCUT2D eigenvalue weighted by Gasteiger charge is 2.21. The summed E-state index contributed by atoms with van der Waals surface area (Å²) in [6.45, 7) is 1.96. The van der Waals surface area contributed by atoms with Crippen molar-refractivity contribution >= 4 is 18.7 Å². The van der Waals surface area contributed by atoms with E-state index in [4.69, 9.17) is 14.8 Å². The molecule has 23 heavy (non-hydrogen) atoms. The van der Waals surface area contributed by atoms with Crippen LogP contribution in [0, 0.1) is 6.92 Å². The highest BCUT2D eigenvalue weighted by molar-refractivity contribution is 6.40. The van der Waals surface area contributed by atoms with Crippen LogP contribution < -0.4 is 10.1 Å². The van der Waals surface area contributed by atoms with E-state index in [1.807, 2.05) is 31.2 Å². The van der Waals surface area contributed by atoms with E-state index in [9.17, 15) is 4.79 Å². The van der Waals surface area contributed by atoms with Gasteiger partial charge in [0.2, 0.25) is 0 Å². The summed E-state index contributed by atoms with van der Waals surface area (Å²) in [5.74, 6) is 0.947. The zero-order valence-electron chi connectivity index (χ0n) is 12.9. The summed E-state index contributed by atoms with van der Waals surface area (Å²) in [6.07, 6.45) is 1.62. The van der Waals surface area contributed by atoms with Gasteiger partial charge < -0.3 is 20.1 Å². The summed E-state index contributed by atoms with van der Waals surface area (Å²) in [7, 11) is -1.29. The van der Waals surface area contributed by atoms with Crippen LogP contribution in [0.25, 0.3) is 0 Å². The zero-order chi connectivity index (χ0) is 16.4. The van der Waals surface area contributed by atoms with E-state index >= 15 is 0 Å². The van der Waals surface area contributed by atoms with Crippen LogP contribution in [-0.2, 0) is 6.42 Å². The molecule has 0 saturated heterocycles. The SMILES string of the molecule is Cc1ccc2c(c1)NC(=O)c1cc(CCCB(O)O)ccc1O2. The zero-order valence-corrected chi connectivity index (χ0v) is 12.9. The van der Waals surface area contributed by atoms with E-state index < -0.39 is 7.12 Å². The van der Waals surface area contributed by atoms with E-state index in [0.717, 1.165) is 11.1 Å². The highest BCUT2D eigenvalue weighted by atomic mass is 16.5. The van der Waals surface area contributed by atoms with Crippen molar-refractivity contribution in [2.24, 2.45) is 0 Å². The van der Waals surface area contributed by atoms with Gasteiger partial charge in [-0.05, 0) is 55.1 Å². The average Bonchev–Trinajstić information content (AvgIpc) is 2.63. The fourth-order valence-electron chi connectivity index (χ4n) is 2.63. The molecule has 0 radical (unpaired) electrons. The molecule has 3 N–H and O–H groups in total. The average molecular weight is 311 g/mol. The van der Waals surface area contributed by atoms with Crippen LogP contribution in [0.3, 0.4) is 0 Å². The summed E-state index contributed by atoms with van der Waals surface area (Å²) < 4.78 is 5.86. The van der Waals surface area contributed by atoms with E-state index in [1.165, 1.54) is 0 Å². The molecule has 6 heteroatoms. The van der Waals surface area contributed by atoms with Gasteiger partial charge in [-0.3, -0.25) is 4.79 Å². The largest absolute Gasteiger partial charge is 0.454 e. The second kappa shape index (κ2) is 6.44. The molecule has 0 aliphatic carbocycles. The number of benzene rings is 2. The Morgan fingerprint density at radius 3 is 2.70 bits per heavy atom. The van der Waals surface area contributed by atoms with Gasteiger partial charge in [-0.2, -0.15) is 0 Å². The first kappa shape index (κ1) is 15.6. The van der Waals surface area contributed by atoms with Gasteiger partial charge in [0.05, 0.1) is 11.3 Å². The van der Waals surface area contributed by atoms with Crippen LogP contribution >= 0.6 is 0 Å². The molecule has 5 nitrogen and oxygen atoms in total. The van der Waals surface area contributed by atoms with Gasteiger partial charge in [0, 0.05) is 0 Å². The third kappa shape index (κ3) is 3.55. The van der Waals surface area contributed by atoms with Crippen molar-refractivity contribution in [3.05, 3.63) is 53.1 Å². The monoisotopic (exact) mass is 311 g/mol. The molecule has 1 aliphatic heterocycles. The van der Waals surface area contributed by atoms with Crippen LogP contribution in [0.4, 0.5) is 5.69 Å². The maximum Gasteiger partial charge on any atom is 0.451 e. The molecular weight excluding hydrogens is 293 g/mol. The maximum atomic E-state index is 12.4. The molecular formula is C17H18BNO4. The van der Waals surface area contributed by atoms with Crippen LogP contribution in [0.2, 0.25) is 6.32 Å². The quantitative estimate of drug-likeness (QED) is 0.759. The third-order valence-electron chi connectivity index (χ3n) is 3.82. The second-order valence-corrected chi connectivity index (χ2v) is 5.76. The molecule has 0 spiro atoms. The summed E-state index contributed by atoms with van der Waals surface area (Å²) in [5.41, 5.74) is 3.16. The number of fused-ring (bicyclic) bond motifs is 2. The summed E-state index contributed by atoms with van der Waals surface area (Å²) in [6, 6.07) is 11.1. The lowest BCUT2D eigenvalue weighted by atomic mass is 9.83. The Kier molecular flexibility index (Phi) is 4.36. The minimum Gasteiger partial charge on any atom is -0.454 e. The van der Waals surface area contributed by atoms with E-state index in [-0.39, 0.29) is 5.91 Å². The number of ether oxygens (including phenoxy) is 1. The number of carbonyl (C=O) groups excluding carboxylic acids is 1. The number of hydrogen-bond acceptors (Lipinski definition) is 4. The number of amides is 1. The van der Waals surface area contributed by atoms with Crippen molar-refractivity contribution in [3.8, 4) is 11.5 Å². The Balaban J connectivity index is 1.85. The van der Waals surface area contributed by atoms with E-state index in [0.29, 0.717) is 41.9 Å². The van der Waals surface area contributed by atoms with Gasteiger partial charge in [0.1, 0.15) is 5.75 Å². The summed E-state index contributed by atoms with van der Waals surface area (Å²) in [4.78, 5) is 12.4. The van der Waals surface area contributed by atoms with Crippen molar-refractivity contribution in [1.29, 1.82) is 0 Å². The predicted molar refractivity (Wildman–Crippen MR) is 89.0 cm³/mol. The molecule has 2 aromatic carbocycles. The molecule has 1 heterocycles. The Bertz CT molecular complexity index is 745. The first-order chi connectivity index (χ1) is 11.0. The molecule has 0 atom stereocenters. The lowest BCUT2D eigenvalue weighted by molar-refractivity contribution is 0.102. The molecule has 3 rings (SSSR count). The molecule has 0 unspecified atom stereocenters. The minimum absolute atomic E-state index is 0.201. The molecule has 1 aliphatic rings. The molecule has 1 amide bonds. The van der Waals surface area contributed by atoms with Gasteiger partial charge in [-0.25, -0.2) is 0 Å². The van der Waals surface area contributed by atoms with Crippen molar-refractivity contribution in [3.63, 3.8) is 0 Å². The fraction of sp³-hybridized carbons (Fsp3) is 0.235. The Hall–Kier alpha value is -2.31. The smallest absolute Gasteiger partial charge is 0.451 e. The first-order valence-corrected chi connectivity index (χ1v) is 7.62. The van der Waals surface area contributed by atoms with Gasteiger partial charge in [-0.1, -0.05) is 18.6 Å². The molecule has 0 fully saturated rings. The minimum atomic E-state index is -1.29. The number of nitrogens with one attached hydrogen (secondary N) is 1. The Labute approximate surface area is 135 Å². The summed E-state index contributed by atoms with van der Waals surface area (Å²) in [5, 5.41) is 20.7. The van der Waals surface area contributed by atoms with Crippen molar-refractivity contribution in [2.75, 3.05) is 5.32 Å². The van der Waals surface area contributed by atoms with E-state index in [2.05, 4.69) is 5.32 Å². The van der Waals surface area contributed by atoms with Crippen molar-refractivity contribution < 1.29 is 19.6 Å². The maximum absolute atomic E-state index is 12.4. The van der Waals surface area contributed by atoms with Gasteiger partial charge >= 0.3 is 7.12 Å².